The molecule has 1 amide bonds. The van der Waals surface area contributed by atoms with Crippen LogP contribution in [0.5, 0.6) is 0 Å². The van der Waals surface area contributed by atoms with E-state index in [1.807, 2.05) is 20.0 Å². The summed E-state index contributed by atoms with van der Waals surface area (Å²) in [5.74, 6) is 0.0443. The molecule has 0 spiro atoms. The topological polar surface area (TPSA) is 59.2 Å². The van der Waals surface area contributed by atoms with E-state index in [4.69, 9.17) is 5.73 Å². The number of rotatable bonds is 2. The average molecular weight is 247 g/mol. The maximum absolute atomic E-state index is 12.4. The normalized spacial score (nSPS) is 23.7. The van der Waals surface area contributed by atoms with Gasteiger partial charge < -0.3 is 10.6 Å². The number of nitrogens with two attached hydrogens (primary N) is 1. The first kappa shape index (κ1) is 13.0. The van der Waals surface area contributed by atoms with E-state index in [1.165, 1.54) is 6.42 Å². The van der Waals surface area contributed by atoms with E-state index in [2.05, 4.69) is 4.98 Å². The van der Waals surface area contributed by atoms with Crippen molar-refractivity contribution in [2.75, 3.05) is 7.05 Å². The largest absolute Gasteiger partial charge is 0.337 e. The van der Waals surface area contributed by atoms with Crippen molar-refractivity contribution in [3.63, 3.8) is 0 Å². The standard InChI is InChI=1S/C14H21N3O/c1-10-9-11(7-8-16-10)14(18)17(2)13-6-4-3-5-12(13)15/h7-9,12-13H,3-6,15H2,1-2H3. The SMILES string of the molecule is Cc1cc(C(=O)N(C)C2CCCCC2N)ccn1. The van der Waals surface area contributed by atoms with Gasteiger partial charge in [0.2, 0.25) is 0 Å². The molecule has 0 aliphatic heterocycles. The number of carbonyl (C=O) groups excluding carboxylic acids is 1. The van der Waals surface area contributed by atoms with Crippen LogP contribution in [0.4, 0.5) is 0 Å². The first-order chi connectivity index (χ1) is 8.59. The summed E-state index contributed by atoms with van der Waals surface area (Å²) in [7, 11) is 1.86. The molecular weight excluding hydrogens is 226 g/mol. The Labute approximate surface area is 108 Å². The molecule has 98 valence electrons. The zero-order valence-corrected chi connectivity index (χ0v) is 11.1. The van der Waals surface area contributed by atoms with Crippen molar-refractivity contribution in [1.29, 1.82) is 0 Å². The molecule has 0 radical (unpaired) electrons. The molecule has 0 aromatic carbocycles. The summed E-state index contributed by atoms with van der Waals surface area (Å²) in [4.78, 5) is 18.3. The zero-order valence-electron chi connectivity index (χ0n) is 11.1. The monoisotopic (exact) mass is 247 g/mol. The van der Waals surface area contributed by atoms with Crippen molar-refractivity contribution in [2.45, 2.75) is 44.7 Å². The highest BCUT2D eigenvalue weighted by Gasteiger charge is 2.28. The van der Waals surface area contributed by atoms with Gasteiger partial charge in [-0.25, -0.2) is 0 Å². The van der Waals surface area contributed by atoms with E-state index < -0.39 is 0 Å². The van der Waals surface area contributed by atoms with Crippen molar-refractivity contribution in [3.8, 4) is 0 Å². The molecular formula is C14H21N3O. The second-order valence-electron chi connectivity index (χ2n) is 5.12. The highest BCUT2D eigenvalue weighted by atomic mass is 16.2. The first-order valence-electron chi connectivity index (χ1n) is 6.55. The Morgan fingerprint density at radius 1 is 1.44 bits per heavy atom. The number of hydrogen-bond acceptors (Lipinski definition) is 3. The smallest absolute Gasteiger partial charge is 0.254 e. The summed E-state index contributed by atoms with van der Waals surface area (Å²) in [5, 5.41) is 0. The predicted molar refractivity (Wildman–Crippen MR) is 71.3 cm³/mol. The molecule has 2 N–H and O–H groups in total. The Hall–Kier alpha value is -1.42. The van der Waals surface area contributed by atoms with Gasteiger partial charge in [-0.1, -0.05) is 12.8 Å². The van der Waals surface area contributed by atoms with Crippen molar-refractivity contribution in [2.24, 2.45) is 5.73 Å². The molecule has 18 heavy (non-hydrogen) atoms. The molecule has 1 fully saturated rings. The van der Waals surface area contributed by atoms with Crippen molar-refractivity contribution in [1.82, 2.24) is 9.88 Å². The van der Waals surface area contributed by atoms with Gasteiger partial charge in [-0.05, 0) is 31.9 Å². The number of aryl methyl sites for hydroxylation is 1. The summed E-state index contributed by atoms with van der Waals surface area (Å²) in [6.07, 6.45) is 6.03. The average Bonchev–Trinajstić information content (AvgIpc) is 2.37. The summed E-state index contributed by atoms with van der Waals surface area (Å²) in [6.45, 7) is 1.89. The number of likely N-dealkylation sites (N-methyl/N-ethyl adjacent to an activating group) is 1. The zero-order chi connectivity index (χ0) is 13.1. The van der Waals surface area contributed by atoms with E-state index >= 15 is 0 Å². The Balaban J connectivity index is 2.13. The number of carbonyl (C=O) groups is 1. The minimum atomic E-state index is 0.0443. The Kier molecular flexibility index (Phi) is 3.97. The quantitative estimate of drug-likeness (QED) is 0.866. The van der Waals surface area contributed by atoms with E-state index in [-0.39, 0.29) is 18.0 Å². The van der Waals surface area contributed by atoms with Crippen molar-refractivity contribution < 1.29 is 4.79 Å². The van der Waals surface area contributed by atoms with Gasteiger partial charge in [-0.2, -0.15) is 0 Å². The van der Waals surface area contributed by atoms with Gasteiger partial charge in [-0.15, -0.1) is 0 Å². The lowest BCUT2D eigenvalue weighted by molar-refractivity contribution is 0.0672. The Morgan fingerprint density at radius 2 is 2.17 bits per heavy atom. The van der Waals surface area contributed by atoms with Gasteiger partial charge >= 0.3 is 0 Å². The second kappa shape index (κ2) is 5.48. The van der Waals surface area contributed by atoms with Crippen LogP contribution in [0.3, 0.4) is 0 Å². The molecule has 1 saturated carbocycles. The van der Waals surface area contributed by atoms with E-state index in [0.717, 1.165) is 25.0 Å². The molecule has 1 aromatic rings. The van der Waals surface area contributed by atoms with Crippen LogP contribution in [-0.4, -0.2) is 34.9 Å². The first-order valence-corrected chi connectivity index (χ1v) is 6.55. The number of nitrogens with zero attached hydrogens (tertiary/aromatic N) is 2. The van der Waals surface area contributed by atoms with Gasteiger partial charge in [0.25, 0.3) is 5.91 Å². The molecule has 1 aliphatic rings. The van der Waals surface area contributed by atoms with Crippen LogP contribution < -0.4 is 5.73 Å². The molecule has 1 heterocycles. The third-order valence-corrected chi connectivity index (χ3v) is 3.74. The van der Waals surface area contributed by atoms with Crippen molar-refractivity contribution >= 4 is 5.91 Å². The van der Waals surface area contributed by atoms with E-state index in [1.54, 1.807) is 17.2 Å². The lowest BCUT2D eigenvalue weighted by atomic mass is 9.90. The number of amides is 1. The predicted octanol–water partition coefficient (Wildman–Crippen LogP) is 1.73. The maximum atomic E-state index is 12.4. The molecule has 0 bridgehead atoms. The minimum Gasteiger partial charge on any atom is -0.337 e. The van der Waals surface area contributed by atoms with Gasteiger partial charge in [0.05, 0.1) is 0 Å². The van der Waals surface area contributed by atoms with Gasteiger partial charge in [0.15, 0.2) is 0 Å². The molecule has 4 heteroatoms. The summed E-state index contributed by atoms with van der Waals surface area (Å²) >= 11 is 0. The minimum absolute atomic E-state index is 0.0443. The van der Waals surface area contributed by atoms with Gasteiger partial charge in [0, 0.05) is 36.6 Å². The van der Waals surface area contributed by atoms with Gasteiger partial charge in [-0.3, -0.25) is 9.78 Å². The molecule has 1 aromatic heterocycles. The third kappa shape index (κ3) is 2.70. The van der Waals surface area contributed by atoms with Crippen LogP contribution >= 0.6 is 0 Å². The highest BCUT2D eigenvalue weighted by Crippen LogP contribution is 2.22. The molecule has 2 unspecified atom stereocenters. The molecule has 0 saturated heterocycles. The van der Waals surface area contributed by atoms with Crippen molar-refractivity contribution in [3.05, 3.63) is 29.6 Å². The van der Waals surface area contributed by atoms with Gasteiger partial charge in [0.1, 0.15) is 0 Å². The number of hydrogen-bond donors (Lipinski definition) is 1. The number of aromatic nitrogens is 1. The van der Waals surface area contributed by atoms with Crippen LogP contribution in [-0.2, 0) is 0 Å². The molecule has 2 atom stereocenters. The summed E-state index contributed by atoms with van der Waals surface area (Å²) in [5.41, 5.74) is 7.68. The van der Waals surface area contributed by atoms with Crippen LogP contribution in [0, 0.1) is 6.92 Å². The fraction of sp³-hybridized carbons (Fsp3) is 0.571. The fourth-order valence-electron chi connectivity index (χ4n) is 2.65. The molecule has 2 rings (SSSR count). The molecule has 4 nitrogen and oxygen atoms in total. The summed E-state index contributed by atoms with van der Waals surface area (Å²) in [6, 6.07) is 3.86. The third-order valence-electron chi connectivity index (χ3n) is 3.74. The van der Waals surface area contributed by atoms with E-state index in [9.17, 15) is 4.79 Å². The van der Waals surface area contributed by atoms with Crippen LogP contribution in [0.25, 0.3) is 0 Å². The number of pyridine rings is 1. The highest BCUT2D eigenvalue weighted by molar-refractivity contribution is 5.94. The second-order valence-corrected chi connectivity index (χ2v) is 5.12. The fourth-order valence-corrected chi connectivity index (χ4v) is 2.65. The van der Waals surface area contributed by atoms with Crippen LogP contribution in [0.15, 0.2) is 18.3 Å². The van der Waals surface area contributed by atoms with Crippen LogP contribution in [0.2, 0.25) is 0 Å². The maximum Gasteiger partial charge on any atom is 0.254 e. The molecule has 1 aliphatic carbocycles. The Bertz CT molecular complexity index is 433. The summed E-state index contributed by atoms with van der Waals surface area (Å²) < 4.78 is 0. The lowest BCUT2D eigenvalue weighted by Gasteiger charge is -2.36. The Morgan fingerprint density at radius 3 is 2.83 bits per heavy atom. The lowest BCUT2D eigenvalue weighted by Crippen LogP contribution is -2.50. The van der Waals surface area contributed by atoms with Crippen LogP contribution in [0.1, 0.15) is 41.7 Å². The van der Waals surface area contributed by atoms with E-state index in [0.29, 0.717) is 5.56 Å².